The summed E-state index contributed by atoms with van der Waals surface area (Å²) in [4.78, 5) is 27.6. The number of nitrogens with zero attached hydrogens (tertiary/aromatic N) is 4. The molecule has 0 atom stereocenters. The van der Waals surface area contributed by atoms with E-state index in [1.165, 1.54) is 0 Å². The van der Waals surface area contributed by atoms with Crippen LogP contribution in [-0.4, -0.2) is 71.0 Å². The zero-order chi connectivity index (χ0) is 15.7. The second-order valence-electron chi connectivity index (χ2n) is 5.33. The number of aromatic nitrogens is 2. The molecule has 8 nitrogen and oxygen atoms in total. The standard InChI is InChI=1S/C14H20N4O4/c1-3-21-14(20)17-6-4-16(5-7-17)12(19)11-10(2)13-18(15-11)8-9-22-13/h3-9H2,1-2H3. The smallest absolute Gasteiger partial charge is 0.409 e. The Hall–Kier alpha value is -2.25. The summed E-state index contributed by atoms with van der Waals surface area (Å²) in [6.45, 7) is 7.21. The Bertz CT molecular complexity index is 590. The molecule has 0 radical (unpaired) electrons. The van der Waals surface area contributed by atoms with Crippen LogP contribution < -0.4 is 4.74 Å². The number of rotatable bonds is 2. The van der Waals surface area contributed by atoms with Crippen molar-refractivity contribution in [3.63, 3.8) is 0 Å². The Morgan fingerprint density at radius 2 is 1.86 bits per heavy atom. The van der Waals surface area contributed by atoms with Crippen LogP contribution in [0.2, 0.25) is 0 Å². The predicted molar refractivity (Wildman–Crippen MR) is 77.0 cm³/mol. The molecule has 3 heterocycles. The Balaban J connectivity index is 1.64. The summed E-state index contributed by atoms with van der Waals surface area (Å²) in [6.07, 6.45) is -0.319. The maximum Gasteiger partial charge on any atom is 0.409 e. The van der Waals surface area contributed by atoms with E-state index in [4.69, 9.17) is 9.47 Å². The molecular formula is C14H20N4O4. The quantitative estimate of drug-likeness (QED) is 0.795. The Kier molecular flexibility index (Phi) is 3.91. The molecule has 2 amide bonds. The van der Waals surface area contributed by atoms with Crippen LogP contribution in [0.4, 0.5) is 4.79 Å². The van der Waals surface area contributed by atoms with Gasteiger partial charge in [0, 0.05) is 31.7 Å². The molecule has 2 aliphatic rings. The van der Waals surface area contributed by atoms with E-state index in [0.29, 0.717) is 57.5 Å². The van der Waals surface area contributed by atoms with E-state index in [9.17, 15) is 9.59 Å². The highest BCUT2D eigenvalue weighted by Crippen LogP contribution is 2.26. The van der Waals surface area contributed by atoms with Gasteiger partial charge in [0.05, 0.1) is 13.2 Å². The first-order valence-electron chi connectivity index (χ1n) is 7.53. The van der Waals surface area contributed by atoms with Gasteiger partial charge in [-0.3, -0.25) is 4.79 Å². The zero-order valence-electron chi connectivity index (χ0n) is 12.9. The summed E-state index contributed by atoms with van der Waals surface area (Å²) in [7, 11) is 0. The zero-order valence-corrected chi connectivity index (χ0v) is 12.9. The molecule has 0 unspecified atom stereocenters. The Labute approximate surface area is 128 Å². The third kappa shape index (κ3) is 2.49. The van der Waals surface area contributed by atoms with Crippen molar-refractivity contribution >= 4 is 12.0 Å². The highest BCUT2D eigenvalue weighted by Gasteiger charge is 2.30. The summed E-state index contributed by atoms with van der Waals surface area (Å²) in [5, 5.41) is 4.34. The van der Waals surface area contributed by atoms with Crippen LogP contribution in [0.5, 0.6) is 5.88 Å². The van der Waals surface area contributed by atoms with Gasteiger partial charge in [-0.1, -0.05) is 0 Å². The summed E-state index contributed by atoms with van der Waals surface area (Å²) in [5.41, 5.74) is 1.23. The number of carbonyl (C=O) groups is 2. The molecule has 0 aliphatic carbocycles. The largest absolute Gasteiger partial charge is 0.476 e. The van der Waals surface area contributed by atoms with Crippen LogP contribution in [0.15, 0.2) is 0 Å². The van der Waals surface area contributed by atoms with Crippen LogP contribution in [0.25, 0.3) is 0 Å². The molecule has 120 valence electrons. The van der Waals surface area contributed by atoms with Crippen molar-refractivity contribution in [1.82, 2.24) is 19.6 Å². The van der Waals surface area contributed by atoms with E-state index in [1.807, 2.05) is 6.92 Å². The van der Waals surface area contributed by atoms with Gasteiger partial charge in [0.25, 0.3) is 5.91 Å². The lowest BCUT2D eigenvalue weighted by molar-refractivity contribution is 0.0564. The van der Waals surface area contributed by atoms with Crippen LogP contribution in [-0.2, 0) is 11.3 Å². The van der Waals surface area contributed by atoms with Gasteiger partial charge in [-0.05, 0) is 13.8 Å². The topological polar surface area (TPSA) is 76.9 Å². The van der Waals surface area contributed by atoms with E-state index >= 15 is 0 Å². The molecule has 3 rings (SSSR count). The molecule has 22 heavy (non-hydrogen) atoms. The average Bonchev–Trinajstić information content (AvgIpc) is 3.10. The SMILES string of the molecule is CCOC(=O)N1CCN(C(=O)c2nn3c(c2C)OCC3)CC1. The van der Waals surface area contributed by atoms with Gasteiger partial charge < -0.3 is 19.3 Å². The number of hydrogen-bond donors (Lipinski definition) is 0. The van der Waals surface area contributed by atoms with Gasteiger partial charge >= 0.3 is 6.09 Å². The van der Waals surface area contributed by atoms with Crippen LogP contribution in [0, 0.1) is 6.92 Å². The van der Waals surface area contributed by atoms with Gasteiger partial charge in [-0.15, -0.1) is 0 Å². The summed E-state index contributed by atoms with van der Waals surface area (Å²) in [5.74, 6) is 0.583. The summed E-state index contributed by atoms with van der Waals surface area (Å²) < 4.78 is 12.2. The van der Waals surface area contributed by atoms with E-state index in [-0.39, 0.29) is 12.0 Å². The fourth-order valence-electron chi connectivity index (χ4n) is 2.76. The molecular weight excluding hydrogens is 288 g/mol. The molecule has 1 aromatic heterocycles. The lowest BCUT2D eigenvalue weighted by Crippen LogP contribution is -2.50. The molecule has 0 bridgehead atoms. The first-order valence-corrected chi connectivity index (χ1v) is 7.53. The van der Waals surface area contributed by atoms with Crippen molar-refractivity contribution in [3.05, 3.63) is 11.3 Å². The van der Waals surface area contributed by atoms with Crippen LogP contribution in [0.3, 0.4) is 0 Å². The minimum absolute atomic E-state index is 0.105. The lowest BCUT2D eigenvalue weighted by Gasteiger charge is -2.33. The van der Waals surface area contributed by atoms with Gasteiger partial charge in [-0.25, -0.2) is 9.48 Å². The van der Waals surface area contributed by atoms with Gasteiger partial charge in [0.15, 0.2) is 5.69 Å². The lowest BCUT2D eigenvalue weighted by atomic mass is 10.2. The first kappa shape index (κ1) is 14.7. The predicted octanol–water partition coefficient (Wildman–Crippen LogP) is 0.498. The van der Waals surface area contributed by atoms with Crippen molar-refractivity contribution in [1.29, 1.82) is 0 Å². The number of ether oxygens (including phenoxy) is 2. The van der Waals surface area contributed by atoms with E-state index in [1.54, 1.807) is 21.4 Å². The minimum Gasteiger partial charge on any atom is -0.476 e. The van der Waals surface area contributed by atoms with E-state index < -0.39 is 0 Å². The third-order valence-electron chi connectivity index (χ3n) is 3.97. The molecule has 8 heteroatoms. The van der Waals surface area contributed by atoms with Crippen LogP contribution in [0.1, 0.15) is 23.0 Å². The van der Waals surface area contributed by atoms with Gasteiger partial charge in [0.1, 0.15) is 6.61 Å². The first-order chi connectivity index (χ1) is 10.6. The molecule has 0 spiro atoms. The fourth-order valence-corrected chi connectivity index (χ4v) is 2.76. The average molecular weight is 308 g/mol. The Morgan fingerprint density at radius 3 is 2.50 bits per heavy atom. The van der Waals surface area contributed by atoms with Gasteiger partial charge in [0.2, 0.25) is 5.88 Å². The maximum absolute atomic E-state index is 12.6. The number of piperazine rings is 1. The monoisotopic (exact) mass is 308 g/mol. The number of fused-ring (bicyclic) bond motifs is 1. The van der Waals surface area contributed by atoms with Crippen molar-refractivity contribution in [2.45, 2.75) is 20.4 Å². The van der Waals surface area contributed by atoms with E-state index in [2.05, 4.69) is 5.10 Å². The normalized spacial score (nSPS) is 17.2. The Morgan fingerprint density at radius 1 is 1.18 bits per heavy atom. The third-order valence-corrected chi connectivity index (χ3v) is 3.97. The summed E-state index contributed by atoms with van der Waals surface area (Å²) in [6, 6.07) is 0. The molecule has 1 saturated heterocycles. The fraction of sp³-hybridized carbons (Fsp3) is 0.643. The molecule has 0 saturated carbocycles. The van der Waals surface area contributed by atoms with Crippen molar-refractivity contribution in [2.24, 2.45) is 0 Å². The molecule has 0 N–H and O–H groups in total. The molecule has 2 aliphatic heterocycles. The van der Waals surface area contributed by atoms with Crippen molar-refractivity contribution in [2.75, 3.05) is 39.4 Å². The minimum atomic E-state index is -0.319. The second-order valence-corrected chi connectivity index (χ2v) is 5.33. The van der Waals surface area contributed by atoms with Crippen LogP contribution >= 0.6 is 0 Å². The summed E-state index contributed by atoms with van der Waals surface area (Å²) >= 11 is 0. The van der Waals surface area contributed by atoms with Crippen molar-refractivity contribution in [3.8, 4) is 5.88 Å². The number of carbonyl (C=O) groups excluding carboxylic acids is 2. The highest BCUT2D eigenvalue weighted by molar-refractivity contribution is 5.94. The van der Waals surface area contributed by atoms with E-state index in [0.717, 1.165) is 5.56 Å². The number of hydrogen-bond acceptors (Lipinski definition) is 5. The van der Waals surface area contributed by atoms with Gasteiger partial charge in [-0.2, -0.15) is 5.10 Å². The number of amides is 2. The van der Waals surface area contributed by atoms with Crippen molar-refractivity contribution < 1.29 is 19.1 Å². The second kappa shape index (κ2) is 5.86. The molecule has 1 fully saturated rings. The highest BCUT2D eigenvalue weighted by atomic mass is 16.6. The molecule has 0 aromatic carbocycles. The maximum atomic E-state index is 12.6. The molecule has 1 aromatic rings.